The fraction of sp³-hybridized carbons (Fsp3) is 0. The number of rotatable bonds is 1. The first kappa shape index (κ1) is 12.2. The molecule has 1 nitrogen and oxygen atoms in total. The van der Waals surface area contributed by atoms with Gasteiger partial charge in [-0.05, 0) is 29.7 Å². The molecule has 0 bridgehead atoms. The van der Waals surface area contributed by atoms with Crippen LogP contribution in [0.15, 0.2) is 59.1 Å². The van der Waals surface area contributed by atoms with Gasteiger partial charge in [0.15, 0.2) is 0 Å². The number of benzene rings is 3. The molecule has 3 rings (SSSR count). The molecule has 0 spiro atoms. The maximum atomic E-state index is 13.9. The predicted octanol–water partition coefficient (Wildman–Crippen LogP) is 5.11. The summed E-state index contributed by atoms with van der Waals surface area (Å²) >= 11 is 3.32. The average Bonchev–Trinajstić information content (AvgIpc) is 2.43. The van der Waals surface area contributed by atoms with Crippen LogP contribution in [-0.4, -0.2) is 5.11 Å². The van der Waals surface area contributed by atoms with Crippen molar-refractivity contribution in [2.75, 3.05) is 0 Å². The number of phenolic OH excluding ortho intramolecular Hbond substituents is 1. The van der Waals surface area contributed by atoms with Gasteiger partial charge in [-0.15, -0.1) is 0 Å². The van der Waals surface area contributed by atoms with Crippen LogP contribution in [-0.2, 0) is 0 Å². The van der Waals surface area contributed by atoms with Crippen LogP contribution in [0.1, 0.15) is 0 Å². The molecule has 3 aromatic carbocycles. The van der Waals surface area contributed by atoms with Gasteiger partial charge in [0.25, 0.3) is 0 Å². The van der Waals surface area contributed by atoms with E-state index in [2.05, 4.69) is 15.9 Å². The molecular weight excluding hydrogens is 307 g/mol. The minimum Gasteiger partial charge on any atom is -0.507 e. The number of fused-ring (bicyclic) bond motifs is 1. The zero-order chi connectivity index (χ0) is 13.4. The molecule has 1 N–H and O–H groups in total. The van der Waals surface area contributed by atoms with Gasteiger partial charge in [-0.2, -0.15) is 0 Å². The molecule has 94 valence electrons. The van der Waals surface area contributed by atoms with Gasteiger partial charge in [-0.25, -0.2) is 4.39 Å². The van der Waals surface area contributed by atoms with E-state index in [1.54, 1.807) is 18.2 Å². The van der Waals surface area contributed by atoms with Crippen molar-refractivity contribution in [1.29, 1.82) is 0 Å². The van der Waals surface area contributed by atoms with Crippen LogP contribution in [0.2, 0.25) is 0 Å². The summed E-state index contributed by atoms with van der Waals surface area (Å²) < 4.78 is 14.7. The molecule has 0 atom stereocenters. The van der Waals surface area contributed by atoms with Gasteiger partial charge in [0.1, 0.15) is 11.6 Å². The third kappa shape index (κ3) is 2.10. The van der Waals surface area contributed by atoms with Crippen LogP contribution in [0, 0.1) is 5.82 Å². The summed E-state index contributed by atoms with van der Waals surface area (Å²) in [6.45, 7) is 0. The Kier molecular flexibility index (Phi) is 2.99. The third-order valence-corrected chi connectivity index (χ3v) is 3.61. The van der Waals surface area contributed by atoms with E-state index in [9.17, 15) is 9.50 Å². The lowest BCUT2D eigenvalue weighted by atomic mass is 9.99. The topological polar surface area (TPSA) is 20.2 Å². The van der Waals surface area contributed by atoms with Crippen molar-refractivity contribution in [1.82, 2.24) is 0 Å². The van der Waals surface area contributed by atoms with Gasteiger partial charge in [0, 0.05) is 21.0 Å². The Labute approximate surface area is 118 Å². The molecule has 0 saturated carbocycles. The molecular formula is C16H10BrFO. The van der Waals surface area contributed by atoms with E-state index in [4.69, 9.17) is 0 Å². The standard InChI is InChI=1S/C16H10BrFO/c17-11-6-8-15(18)14(9-11)13-7-5-10-3-1-2-4-12(10)16(13)19/h1-9,19H. The number of phenols is 1. The minimum absolute atomic E-state index is 0.107. The SMILES string of the molecule is Oc1c(-c2cc(Br)ccc2F)ccc2ccccc12. The summed E-state index contributed by atoms with van der Waals surface area (Å²) in [5.74, 6) is -0.246. The highest BCUT2D eigenvalue weighted by atomic mass is 79.9. The Bertz CT molecular complexity index is 768. The van der Waals surface area contributed by atoms with Crippen molar-refractivity contribution in [2.24, 2.45) is 0 Å². The molecule has 0 heterocycles. The highest BCUT2D eigenvalue weighted by molar-refractivity contribution is 9.10. The fourth-order valence-corrected chi connectivity index (χ4v) is 2.54. The summed E-state index contributed by atoms with van der Waals surface area (Å²) in [4.78, 5) is 0. The van der Waals surface area contributed by atoms with Crippen molar-refractivity contribution in [3.8, 4) is 16.9 Å². The van der Waals surface area contributed by atoms with E-state index in [1.165, 1.54) is 6.07 Å². The Balaban J connectivity index is 2.31. The zero-order valence-corrected chi connectivity index (χ0v) is 11.5. The number of hydrogen-bond acceptors (Lipinski definition) is 1. The first-order valence-corrected chi connectivity index (χ1v) is 6.62. The average molecular weight is 317 g/mol. The molecule has 3 heteroatoms. The van der Waals surface area contributed by atoms with Gasteiger partial charge in [0.2, 0.25) is 0 Å². The van der Waals surface area contributed by atoms with E-state index in [0.29, 0.717) is 11.1 Å². The van der Waals surface area contributed by atoms with Gasteiger partial charge in [-0.3, -0.25) is 0 Å². The van der Waals surface area contributed by atoms with E-state index in [0.717, 1.165) is 15.2 Å². The number of halogens is 2. The highest BCUT2D eigenvalue weighted by Gasteiger charge is 2.12. The van der Waals surface area contributed by atoms with E-state index >= 15 is 0 Å². The molecule has 0 unspecified atom stereocenters. The van der Waals surface area contributed by atoms with E-state index in [-0.39, 0.29) is 11.6 Å². The van der Waals surface area contributed by atoms with Crippen LogP contribution in [0.25, 0.3) is 21.9 Å². The lowest BCUT2D eigenvalue weighted by molar-refractivity contribution is 0.483. The van der Waals surface area contributed by atoms with Crippen LogP contribution >= 0.6 is 15.9 Å². The Morgan fingerprint density at radius 3 is 2.53 bits per heavy atom. The largest absolute Gasteiger partial charge is 0.507 e. The molecule has 0 fully saturated rings. The molecule has 0 aromatic heterocycles. The van der Waals surface area contributed by atoms with Crippen LogP contribution in [0.5, 0.6) is 5.75 Å². The molecule has 3 aromatic rings. The second-order valence-electron chi connectivity index (χ2n) is 4.31. The van der Waals surface area contributed by atoms with Crippen molar-refractivity contribution >= 4 is 26.7 Å². The first-order valence-electron chi connectivity index (χ1n) is 5.83. The Morgan fingerprint density at radius 1 is 0.895 bits per heavy atom. The molecule has 0 radical (unpaired) electrons. The summed E-state index contributed by atoms with van der Waals surface area (Å²) in [5, 5.41) is 12.0. The minimum atomic E-state index is -0.353. The molecule has 19 heavy (non-hydrogen) atoms. The molecule has 0 amide bonds. The fourth-order valence-electron chi connectivity index (χ4n) is 2.18. The van der Waals surface area contributed by atoms with Gasteiger partial charge in [0.05, 0.1) is 0 Å². The lowest BCUT2D eigenvalue weighted by Crippen LogP contribution is -1.86. The van der Waals surface area contributed by atoms with Crippen molar-refractivity contribution < 1.29 is 9.50 Å². The van der Waals surface area contributed by atoms with Crippen molar-refractivity contribution in [3.63, 3.8) is 0 Å². The van der Waals surface area contributed by atoms with Gasteiger partial charge >= 0.3 is 0 Å². The van der Waals surface area contributed by atoms with Crippen LogP contribution in [0.3, 0.4) is 0 Å². The quantitative estimate of drug-likeness (QED) is 0.661. The smallest absolute Gasteiger partial charge is 0.131 e. The Morgan fingerprint density at radius 2 is 1.68 bits per heavy atom. The zero-order valence-electron chi connectivity index (χ0n) is 9.90. The predicted molar refractivity (Wildman–Crippen MR) is 78.7 cm³/mol. The summed E-state index contributed by atoms with van der Waals surface area (Å²) in [6, 6.07) is 15.8. The molecule has 0 aliphatic carbocycles. The van der Waals surface area contributed by atoms with E-state index < -0.39 is 0 Å². The summed E-state index contributed by atoms with van der Waals surface area (Å²) in [7, 11) is 0. The maximum Gasteiger partial charge on any atom is 0.131 e. The second kappa shape index (κ2) is 4.67. The van der Waals surface area contributed by atoms with Crippen LogP contribution < -0.4 is 0 Å². The monoisotopic (exact) mass is 316 g/mol. The highest BCUT2D eigenvalue weighted by Crippen LogP contribution is 2.37. The van der Waals surface area contributed by atoms with Crippen molar-refractivity contribution in [2.45, 2.75) is 0 Å². The Hall–Kier alpha value is -1.87. The number of aromatic hydroxyl groups is 1. The van der Waals surface area contributed by atoms with Gasteiger partial charge in [-0.1, -0.05) is 46.3 Å². The van der Waals surface area contributed by atoms with Crippen LogP contribution in [0.4, 0.5) is 4.39 Å². The summed E-state index contributed by atoms with van der Waals surface area (Å²) in [5.41, 5.74) is 0.884. The molecule has 0 aliphatic heterocycles. The van der Waals surface area contributed by atoms with E-state index in [1.807, 2.05) is 30.3 Å². The number of hydrogen-bond donors (Lipinski definition) is 1. The van der Waals surface area contributed by atoms with Gasteiger partial charge < -0.3 is 5.11 Å². The third-order valence-electron chi connectivity index (χ3n) is 3.12. The normalized spacial score (nSPS) is 10.8. The summed E-state index contributed by atoms with van der Waals surface area (Å²) in [6.07, 6.45) is 0. The molecule has 0 saturated heterocycles. The first-order chi connectivity index (χ1) is 9.16. The molecule has 0 aliphatic rings. The van der Waals surface area contributed by atoms with Crippen molar-refractivity contribution in [3.05, 3.63) is 64.9 Å². The second-order valence-corrected chi connectivity index (χ2v) is 5.22. The lowest BCUT2D eigenvalue weighted by Gasteiger charge is -2.09. The maximum absolute atomic E-state index is 13.9.